The van der Waals surface area contributed by atoms with Crippen LogP contribution in [0.2, 0.25) is 5.02 Å². The minimum absolute atomic E-state index is 0.0996. The number of carbonyl (C=O) groups excluding carboxylic acids is 1. The maximum atomic E-state index is 11.4. The molecule has 0 N–H and O–H groups in total. The van der Waals surface area contributed by atoms with Crippen molar-refractivity contribution < 1.29 is 9.53 Å². The van der Waals surface area contributed by atoms with E-state index in [0.29, 0.717) is 29.4 Å². The number of hydrogen-bond acceptors (Lipinski definition) is 2. The number of carbonyl (C=O) groups is 1. The van der Waals surface area contributed by atoms with Crippen molar-refractivity contribution in [1.29, 1.82) is 0 Å². The van der Waals surface area contributed by atoms with Gasteiger partial charge in [0.15, 0.2) is 5.78 Å². The number of rotatable bonds is 4. The minimum Gasteiger partial charge on any atom is -0.492 e. The molecule has 0 saturated heterocycles. The van der Waals surface area contributed by atoms with Gasteiger partial charge in [0.25, 0.3) is 0 Å². The summed E-state index contributed by atoms with van der Waals surface area (Å²) < 4.78 is 5.29. The Hall–Kier alpha value is -1.02. The van der Waals surface area contributed by atoms with Gasteiger partial charge < -0.3 is 4.74 Å². The van der Waals surface area contributed by atoms with Crippen molar-refractivity contribution in [2.75, 3.05) is 6.61 Å². The van der Waals surface area contributed by atoms with Crippen LogP contribution in [0.15, 0.2) is 18.2 Å². The van der Waals surface area contributed by atoms with Crippen molar-refractivity contribution in [2.24, 2.45) is 0 Å². The topological polar surface area (TPSA) is 26.3 Å². The number of Topliss-reactive ketones (excluding diaryl/α,β-unsaturated/α-hetero) is 1. The molecule has 0 aliphatic carbocycles. The fourth-order valence-electron chi connectivity index (χ4n) is 1.15. The van der Waals surface area contributed by atoms with Crippen molar-refractivity contribution >= 4 is 17.4 Å². The van der Waals surface area contributed by atoms with Crippen LogP contribution in [-0.4, -0.2) is 12.4 Å². The fourth-order valence-corrected chi connectivity index (χ4v) is 1.32. The van der Waals surface area contributed by atoms with Gasteiger partial charge in [-0.1, -0.05) is 18.5 Å². The van der Waals surface area contributed by atoms with Gasteiger partial charge in [-0.15, -0.1) is 0 Å². The lowest BCUT2D eigenvalue weighted by Crippen LogP contribution is -1.98. The average Bonchev–Trinajstić information content (AvgIpc) is 2.20. The highest BCUT2D eigenvalue weighted by atomic mass is 35.5. The van der Waals surface area contributed by atoms with Crippen molar-refractivity contribution in [1.82, 2.24) is 0 Å². The maximum absolute atomic E-state index is 11.4. The van der Waals surface area contributed by atoms with Gasteiger partial charge in [0.05, 0.1) is 11.6 Å². The van der Waals surface area contributed by atoms with Gasteiger partial charge in [-0.25, -0.2) is 0 Å². The highest BCUT2D eigenvalue weighted by Gasteiger charge is 2.07. The summed E-state index contributed by atoms with van der Waals surface area (Å²) in [6.45, 7) is 4.26. The van der Waals surface area contributed by atoms with Gasteiger partial charge in [-0.2, -0.15) is 0 Å². The van der Waals surface area contributed by atoms with Crippen molar-refractivity contribution in [3.8, 4) is 5.75 Å². The lowest BCUT2D eigenvalue weighted by Gasteiger charge is -2.06. The first-order valence-electron chi connectivity index (χ1n) is 4.64. The molecule has 0 amide bonds. The Balaban J connectivity index is 2.99. The first kappa shape index (κ1) is 11.1. The molecule has 0 bridgehead atoms. The molecule has 0 unspecified atom stereocenters. The van der Waals surface area contributed by atoms with Crippen LogP contribution in [0.3, 0.4) is 0 Å². The molecule has 1 rings (SSSR count). The summed E-state index contributed by atoms with van der Waals surface area (Å²) in [5.41, 5.74) is 0.653. The van der Waals surface area contributed by atoms with Crippen molar-refractivity contribution in [3.63, 3.8) is 0 Å². The number of hydrogen-bond donors (Lipinski definition) is 0. The maximum Gasteiger partial charge on any atom is 0.162 e. The van der Waals surface area contributed by atoms with E-state index in [4.69, 9.17) is 16.3 Å². The summed E-state index contributed by atoms with van der Waals surface area (Å²) in [5.74, 6) is 0.677. The van der Waals surface area contributed by atoms with Gasteiger partial charge in [-0.05, 0) is 25.1 Å². The van der Waals surface area contributed by atoms with E-state index in [2.05, 4.69) is 0 Å². The van der Waals surface area contributed by atoms with Gasteiger partial charge >= 0.3 is 0 Å². The molecule has 0 fully saturated rings. The zero-order chi connectivity index (χ0) is 10.6. The summed E-state index contributed by atoms with van der Waals surface area (Å²) in [6, 6.07) is 5.10. The quantitative estimate of drug-likeness (QED) is 0.716. The molecule has 76 valence electrons. The van der Waals surface area contributed by atoms with E-state index < -0.39 is 0 Å². The molecular weight excluding hydrogens is 200 g/mol. The number of benzene rings is 1. The molecule has 0 heterocycles. The number of ether oxygens (including phenoxy) is 1. The Bertz CT molecular complexity index is 334. The molecule has 1 aromatic carbocycles. The molecule has 0 aliphatic heterocycles. The predicted molar refractivity (Wildman–Crippen MR) is 57.2 cm³/mol. The van der Waals surface area contributed by atoms with Crippen LogP contribution in [0.25, 0.3) is 0 Å². The van der Waals surface area contributed by atoms with Crippen LogP contribution in [0.5, 0.6) is 5.75 Å². The summed E-state index contributed by atoms with van der Waals surface area (Å²) in [7, 11) is 0. The smallest absolute Gasteiger partial charge is 0.162 e. The lowest BCUT2D eigenvalue weighted by molar-refractivity contribution is 0.0987. The number of ketones is 1. The summed E-state index contributed by atoms with van der Waals surface area (Å²) in [6.07, 6.45) is 0.493. The molecule has 2 nitrogen and oxygen atoms in total. The molecular formula is C11H13ClO2. The minimum atomic E-state index is 0.0996. The van der Waals surface area contributed by atoms with E-state index in [9.17, 15) is 4.79 Å². The predicted octanol–water partition coefficient (Wildman–Crippen LogP) is 3.33. The molecule has 0 radical (unpaired) electrons. The molecule has 0 aromatic heterocycles. The van der Waals surface area contributed by atoms with Crippen LogP contribution in [0.1, 0.15) is 30.6 Å². The standard InChI is InChI=1S/C11H13ClO2/c1-3-10(13)8-5-6-9(12)11(7-8)14-4-2/h5-7H,3-4H2,1-2H3. The van der Waals surface area contributed by atoms with E-state index in [-0.39, 0.29) is 5.78 Å². The van der Waals surface area contributed by atoms with Gasteiger partial charge in [0.1, 0.15) is 5.75 Å². The summed E-state index contributed by atoms with van der Waals surface area (Å²) >= 11 is 5.89. The molecule has 14 heavy (non-hydrogen) atoms. The fraction of sp³-hybridized carbons (Fsp3) is 0.364. The zero-order valence-electron chi connectivity index (χ0n) is 8.34. The normalized spacial score (nSPS) is 9.93. The van der Waals surface area contributed by atoms with E-state index >= 15 is 0 Å². The van der Waals surface area contributed by atoms with Gasteiger partial charge in [0.2, 0.25) is 0 Å². The highest BCUT2D eigenvalue weighted by Crippen LogP contribution is 2.25. The third-order valence-electron chi connectivity index (χ3n) is 1.87. The summed E-state index contributed by atoms with van der Waals surface area (Å²) in [4.78, 5) is 11.4. The third kappa shape index (κ3) is 2.48. The molecule has 0 spiro atoms. The average molecular weight is 213 g/mol. The van der Waals surface area contributed by atoms with Gasteiger partial charge in [-0.3, -0.25) is 4.79 Å². The second-order valence-electron chi connectivity index (χ2n) is 2.85. The molecule has 0 aliphatic rings. The van der Waals surface area contributed by atoms with Crippen LogP contribution < -0.4 is 4.74 Å². The Kier molecular flexibility index (Phi) is 3.96. The Morgan fingerprint density at radius 1 is 1.43 bits per heavy atom. The molecule has 0 saturated carbocycles. The second kappa shape index (κ2) is 5.01. The van der Waals surface area contributed by atoms with E-state index in [1.807, 2.05) is 13.8 Å². The third-order valence-corrected chi connectivity index (χ3v) is 2.19. The monoisotopic (exact) mass is 212 g/mol. The van der Waals surface area contributed by atoms with E-state index in [1.54, 1.807) is 18.2 Å². The summed E-state index contributed by atoms with van der Waals surface area (Å²) in [5, 5.41) is 0.541. The van der Waals surface area contributed by atoms with Crippen LogP contribution >= 0.6 is 11.6 Å². The molecule has 1 aromatic rings. The van der Waals surface area contributed by atoms with Crippen molar-refractivity contribution in [3.05, 3.63) is 28.8 Å². The van der Waals surface area contributed by atoms with Crippen LogP contribution in [-0.2, 0) is 0 Å². The largest absolute Gasteiger partial charge is 0.492 e. The van der Waals surface area contributed by atoms with Gasteiger partial charge in [0, 0.05) is 12.0 Å². The molecule has 0 atom stereocenters. The molecule has 3 heteroatoms. The first-order valence-corrected chi connectivity index (χ1v) is 5.02. The Morgan fingerprint density at radius 3 is 2.71 bits per heavy atom. The highest BCUT2D eigenvalue weighted by molar-refractivity contribution is 6.32. The van der Waals surface area contributed by atoms with Crippen molar-refractivity contribution in [2.45, 2.75) is 20.3 Å². The number of halogens is 1. The van der Waals surface area contributed by atoms with E-state index in [1.165, 1.54) is 0 Å². The van der Waals surface area contributed by atoms with Crippen LogP contribution in [0, 0.1) is 0 Å². The Labute approximate surface area is 88.8 Å². The Morgan fingerprint density at radius 2 is 2.14 bits per heavy atom. The SMILES string of the molecule is CCOc1cc(C(=O)CC)ccc1Cl. The lowest BCUT2D eigenvalue weighted by atomic mass is 10.1. The van der Waals surface area contributed by atoms with Crippen LogP contribution in [0.4, 0.5) is 0 Å². The second-order valence-corrected chi connectivity index (χ2v) is 3.26. The van der Waals surface area contributed by atoms with E-state index in [0.717, 1.165) is 0 Å². The first-order chi connectivity index (χ1) is 6.69. The zero-order valence-corrected chi connectivity index (χ0v) is 9.10.